The van der Waals surface area contributed by atoms with Crippen molar-refractivity contribution in [1.82, 2.24) is 30.1 Å². The molecular formula is C31H27F2N7O3S. The van der Waals surface area contributed by atoms with Gasteiger partial charge in [0.2, 0.25) is 5.91 Å². The summed E-state index contributed by atoms with van der Waals surface area (Å²) in [7, 11) is -3.23. The zero-order valence-corrected chi connectivity index (χ0v) is 24.6. The van der Waals surface area contributed by atoms with Crippen molar-refractivity contribution < 1.29 is 22.0 Å². The third kappa shape index (κ3) is 6.04. The lowest BCUT2D eigenvalue weighted by atomic mass is 10.0. The van der Waals surface area contributed by atoms with Crippen LogP contribution in [0.25, 0.3) is 55.8 Å². The first-order valence-corrected chi connectivity index (χ1v) is 15.9. The molecule has 2 aromatic carbocycles. The minimum absolute atomic E-state index is 0.102. The van der Waals surface area contributed by atoms with Crippen LogP contribution in [0, 0.1) is 11.6 Å². The van der Waals surface area contributed by atoms with Crippen molar-refractivity contribution in [1.29, 1.82) is 0 Å². The van der Waals surface area contributed by atoms with E-state index >= 15 is 4.39 Å². The molecule has 1 amide bonds. The number of benzene rings is 2. The molecule has 3 N–H and O–H groups in total. The van der Waals surface area contributed by atoms with Crippen molar-refractivity contribution in [2.24, 2.45) is 0 Å². The molecule has 0 fully saturated rings. The molecule has 13 heteroatoms. The van der Waals surface area contributed by atoms with Gasteiger partial charge in [-0.05, 0) is 65.9 Å². The van der Waals surface area contributed by atoms with Crippen LogP contribution in [0.1, 0.15) is 25.3 Å². The van der Waals surface area contributed by atoms with Gasteiger partial charge in [0.25, 0.3) is 0 Å². The Balaban J connectivity index is 1.40. The number of aromatic amines is 2. The highest BCUT2D eigenvalue weighted by molar-refractivity contribution is 7.90. The number of amides is 1. The van der Waals surface area contributed by atoms with Gasteiger partial charge in [0.05, 0.1) is 23.2 Å². The first-order chi connectivity index (χ1) is 21.1. The van der Waals surface area contributed by atoms with E-state index in [0.717, 1.165) is 6.26 Å². The first kappa shape index (κ1) is 29.1. The number of aromatic nitrogens is 6. The summed E-state index contributed by atoms with van der Waals surface area (Å²) in [6.07, 6.45) is 7.05. The summed E-state index contributed by atoms with van der Waals surface area (Å²) in [5, 5.41) is 10.3. The highest BCUT2D eigenvalue weighted by atomic mass is 32.2. The van der Waals surface area contributed by atoms with E-state index in [0.29, 0.717) is 74.4 Å². The molecule has 224 valence electrons. The number of aryl methyl sites for hydroxylation is 1. The van der Waals surface area contributed by atoms with Gasteiger partial charge < -0.3 is 10.3 Å². The number of anilines is 1. The molecule has 0 spiro atoms. The molecule has 0 radical (unpaired) electrons. The number of nitrogens with zero attached hydrogens (tertiary/aromatic N) is 4. The van der Waals surface area contributed by atoms with Gasteiger partial charge in [-0.1, -0.05) is 13.0 Å². The third-order valence-corrected chi connectivity index (χ3v) is 8.05. The number of imidazole rings is 1. The van der Waals surface area contributed by atoms with Crippen molar-refractivity contribution in [3.05, 3.63) is 78.3 Å². The van der Waals surface area contributed by atoms with Crippen molar-refractivity contribution in [3.8, 4) is 33.8 Å². The summed E-state index contributed by atoms with van der Waals surface area (Å²) in [5.41, 5.74) is 4.68. The Morgan fingerprint density at radius 3 is 2.66 bits per heavy atom. The lowest BCUT2D eigenvalue weighted by molar-refractivity contribution is -0.116. The van der Waals surface area contributed by atoms with Gasteiger partial charge in [0.1, 0.15) is 26.9 Å². The molecular weight excluding hydrogens is 588 g/mol. The number of pyridine rings is 2. The van der Waals surface area contributed by atoms with Crippen LogP contribution in [-0.2, 0) is 21.1 Å². The molecule has 6 aromatic rings. The van der Waals surface area contributed by atoms with Gasteiger partial charge in [-0.15, -0.1) is 0 Å². The predicted molar refractivity (Wildman–Crippen MR) is 165 cm³/mol. The average Bonchev–Trinajstić information content (AvgIpc) is 3.60. The average molecular weight is 616 g/mol. The maximum atomic E-state index is 15.3. The molecule has 0 unspecified atom stereocenters. The van der Waals surface area contributed by atoms with Gasteiger partial charge in [-0.3, -0.25) is 14.9 Å². The molecule has 0 saturated heterocycles. The number of fused-ring (bicyclic) bond motifs is 2. The number of rotatable bonds is 9. The maximum Gasteiger partial charge on any atom is 0.224 e. The lowest BCUT2D eigenvalue weighted by Crippen LogP contribution is -2.10. The number of hydrogen-bond acceptors (Lipinski definition) is 7. The highest BCUT2D eigenvalue weighted by Gasteiger charge is 2.19. The molecule has 6 rings (SSSR count). The Labute approximate surface area is 250 Å². The summed E-state index contributed by atoms with van der Waals surface area (Å²) in [6.45, 7) is 1.91. The first-order valence-electron chi connectivity index (χ1n) is 13.8. The molecule has 0 saturated carbocycles. The van der Waals surface area contributed by atoms with Crippen LogP contribution >= 0.6 is 0 Å². The van der Waals surface area contributed by atoms with E-state index in [9.17, 15) is 17.6 Å². The minimum Gasteiger partial charge on any atom is -0.335 e. The number of hydrogen-bond donors (Lipinski definition) is 3. The summed E-state index contributed by atoms with van der Waals surface area (Å²) in [4.78, 5) is 28.5. The largest absolute Gasteiger partial charge is 0.335 e. The fourth-order valence-electron chi connectivity index (χ4n) is 5.06. The van der Waals surface area contributed by atoms with Gasteiger partial charge in [-0.25, -0.2) is 27.2 Å². The SMILES string of the molecule is CCCC(=O)Nc1cncc(-c2cc(F)c3n[nH]c(-c4nc5nccc(-c6cc(F)cc(CCS(C)(=O)=O)c6)c5[nH]4)c3c2)c1. The zero-order valence-electron chi connectivity index (χ0n) is 23.8. The molecule has 44 heavy (non-hydrogen) atoms. The Morgan fingerprint density at radius 1 is 1.02 bits per heavy atom. The summed E-state index contributed by atoms with van der Waals surface area (Å²) < 4.78 is 53.2. The Kier molecular flexibility index (Phi) is 7.64. The normalized spacial score (nSPS) is 11.8. The van der Waals surface area contributed by atoms with E-state index in [-0.39, 0.29) is 23.6 Å². The number of carbonyl (C=O) groups excluding carboxylic acids is 1. The third-order valence-electron chi connectivity index (χ3n) is 7.10. The molecule has 10 nitrogen and oxygen atoms in total. The molecule has 0 aliphatic carbocycles. The van der Waals surface area contributed by atoms with E-state index in [1.165, 1.54) is 24.4 Å². The predicted octanol–water partition coefficient (Wildman–Crippen LogP) is 5.83. The smallest absolute Gasteiger partial charge is 0.224 e. The fraction of sp³-hybridized carbons (Fsp3) is 0.194. The minimum atomic E-state index is -3.23. The topological polar surface area (TPSA) is 146 Å². The molecule has 0 aliphatic heterocycles. The molecule has 4 heterocycles. The van der Waals surface area contributed by atoms with Crippen LogP contribution in [0.15, 0.2) is 61.1 Å². The van der Waals surface area contributed by atoms with Crippen LogP contribution in [0.4, 0.5) is 14.5 Å². The van der Waals surface area contributed by atoms with Crippen LogP contribution in [0.2, 0.25) is 0 Å². The van der Waals surface area contributed by atoms with Crippen LogP contribution in [0.3, 0.4) is 0 Å². The standard InChI is InChI=1S/C31H27F2N7O3S/c1-3-4-26(41)36-22-12-20(15-34-16-22)18-13-24-27(25(33)14-18)39-40-29(24)31-37-28-23(5-7-35-30(28)38-31)19-9-17(10-21(32)11-19)6-8-44(2,42)43/h5,7,9-16H,3-4,6,8H2,1-2H3,(H,36,41)(H,39,40)(H,35,37,38). The second kappa shape index (κ2) is 11.6. The van der Waals surface area contributed by atoms with Crippen LogP contribution in [0.5, 0.6) is 0 Å². The van der Waals surface area contributed by atoms with E-state index < -0.39 is 21.5 Å². The van der Waals surface area contributed by atoms with Crippen LogP contribution < -0.4 is 5.32 Å². The quantitative estimate of drug-likeness (QED) is 0.185. The second-order valence-electron chi connectivity index (χ2n) is 10.6. The monoisotopic (exact) mass is 615 g/mol. The molecule has 4 aromatic heterocycles. The Hall–Kier alpha value is -5.04. The number of H-pyrrole nitrogens is 2. The Morgan fingerprint density at radius 2 is 1.86 bits per heavy atom. The number of nitrogens with one attached hydrogen (secondary N) is 3. The van der Waals surface area contributed by atoms with Crippen molar-refractivity contribution >= 4 is 43.5 Å². The molecule has 0 aliphatic rings. The van der Waals surface area contributed by atoms with Gasteiger partial charge >= 0.3 is 0 Å². The fourth-order valence-corrected chi connectivity index (χ4v) is 5.67. The van der Waals surface area contributed by atoms with Crippen molar-refractivity contribution in [2.45, 2.75) is 26.2 Å². The second-order valence-corrected chi connectivity index (χ2v) is 12.8. The number of halogens is 2. The van der Waals surface area contributed by atoms with E-state index in [4.69, 9.17) is 0 Å². The maximum absolute atomic E-state index is 15.3. The molecule has 0 atom stereocenters. The Bertz CT molecular complexity index is 2160. The van der Waals surface area contributed by atoms with Crippen molar-refractivity contribution in [2.75, 3.05) is 17.3 Å². The summed E-state index contributed by atoms with van der Waals surface area (Å²) in [5.74, 6) is -0.953. The van der Waals surface area contributed by atoms with E-state index in [1.807, 2.05) is 6.92 Å². The lowest BCUT2D eigenvalue weighted by Gasteiger charge is -2.08. The number of sulfone groups is 1. The van der Waals surface area contributed by atoms with Gasteiger partial charge in [0, 0.05) is 41.6 Å². The van der Waals surface area contributed by atoms with Gasteiger partial charge in [0.15, 0.2) is 17.3 Å². The molecule has 0 bridgehead atoms. The number of carbonyl (C=O) groups is 1. The van der Waals surface area contributed by atoms with E-state index in [1.54, 1.807) is 36.7 Å². The summed E-state index contributed by atoms with van der Waals surface area (Å²) >= 11 is 0. The summed E-state index contributed by atoms with van der Waals surface area (Å²) in [6, 6.07) is 11.0. The van der Waals surface area contributed by atoms with Crippen LogP contribution in [-0.4, -0.2) is 56.5 Å². The van der Waals surface area contributed by atoms with E-state index in [2.05, 4.69) is 35.5 Å². The highest BCUT2D eigenvalue weighted by Crippen LogP contribution is 2.34. The zero-order chi connectivity index (χ0) is 31.0. The van der Waals surface area contributed by atoms with Crippen molar-refractivity contribution in [3.63, 3.8) is 0 Å². The van der Waals surface area contributed by atoms with Gasteiger partial charge in [-0.2, -0.15) is 5.10 Å².